The molecule has 0 radical (unpaired) electrons. The average Bonchev–Trinajstić information content (AvgIpc) is 3.00. The van der Waals surface area contributed by atoms with Gasteiger partial charge in [-0.05, 0) is 23.3 Å². The second kappa shape index (κ2) is 14.1. The minimum atomic E-state index is -1.05. The first-order chi connectivity index (χ1) is 18.9. The first kappa shape index (κ1) is 26.4. The van der Waals surface area contributed by atoms with Crippen LogP contribution in [-0.4, -0.2) is 12.7 Å². The van der Waals surface area contributed by atoms with E-state index in [0.717, 1.165) is 5.56 Å². The van der Waals surface area contributed by atoms with Crippen molar-refractivity contribution in [2.45, 2.75) is 22.9 Å². The molecule has 5 rings (SSSR count). The molecule has 5 aromatic rings. The standard InChI is InChI=1S/C34H31O2PS/c1-6-16-28(17-7-1)26-35-27-33(34(29-18-8-2-9-19-29)38-32-24-14-5-15-25-32)36-37(30-20-10-3-11-21-30)31-22-12-4-13-23-31/h1-25,33-34H,26-27H2/t33-,34+/m0/s1. The molecule has 0 saturated carbocycles. The van der Waals surface area contributed by atoms with Crippen LogP contribution in [0.4, 0.5) is 0 Å². The van der Waals surface area contributed by atoms with Crippen molar-refractivity contribution < 1.29 is 9.26 Å². The molecule has 0 fully saturated rings. The third-order valence-corrected chi connectivity index (χ3v) is 9.48. The first-order valence-corrected chi connectivity index (χ1v) is 15.0. The van der Waals surface area contributed by atoms with Crippen molar-refractivity contribution >= 4 is 30.5 Å². The molecule has 0 unspecified atom stereocenters. The molecule has 0 heterocycles. The average molecular weight is 535 g/mol. The van der Waals surface area contributed by atoms with E-state index < -0.39 is 8.15 Å². The van der Waals surface area contributed by atoms with Crippen LogP contribution in [0, 0.1) is 0 Å². The Morgan fingerprint density at radius 2 is 1.03 bits per heavy atom. The lowest BCUT2D eigenvalue weighted by molar-refractivity contribution is 0.0467. The zero-order valence-corrected chi connectivity index (χ0v) is 22.9. The van der Waals surface area contributed by atoms with Gasteiger partial charge in [0.25, 0.3) is 0 Å². The molecule has 0 aliphatic carbocycles. The van der Waals surface area contributed by atoms with Crippen molar-refractivity contribution in [3.63, 3.8) is 0 Å². The minimum absolute atomic E-state index is 0.0480. The Kier molecular flexibility index (Phi) is 9.79. The van der Waals surface area contributed by atoms with Crippen LogP contribution < -0.4 is 10.6 Å². The van der Waals surface area contributed by atoms with E-state index in [1.165, 1.54) is 21.1 Å². The van der Waals surface area contributed by atoms with Crippen molar-refractivity contribution in [3.8, 4) is 0 Å². The summed E-state index contributed by atoms with van der Waals surface area (Å²) in [6, 6.07) is 52.7. The van der Waals surface area contributed by atoms with Gasteiger partial charge in [0.15, 0.2) is 0 Å². The number of ether oxygens (including phenoxy) is 1. The summed E-state index contributed by atoms with van der Waals surface area (Å²) in [6.07, 6.45) is -0.183. The number of thioether (sulfide) groups is 1. The van der Waals surface area contributed by atoms with E-state index >= 15 is 0 Å². The second-order valence-electron chi connectivity index (χ2n) is 8.87. The summed E-state index contributed by atoms with van der Waals surface area (Å²) in [5.74, 6) is 0. The number of hydrogen-bond donors (Lipinski definition) is 0. The maximum absolute atomic E-state index is 7.17. The highest BCUT2D eigenvalue weighted by atomic mass is 32.2. The molecule has 38 heavy (non-hydrogen) atoms. The molecule has 0 N–H and O–H groups in total. The lowest BCUT2D eigenvalue weighted by Gasteiger charge is -2.31. The molecule has 0 bridgehead atoms. The minimum Gasteiger partial charge on any atom is -0.374 e. The smallest absolute Gasteiger partial charge is 0.102 e. The van der Waals surface area contributed by atoms with Crippen LogP contribution in [-0.2, 0) is 15.9 Å². The highest BCUT2D eigenvalue weighted by Crippen LogP contribution is 2.45. The van der Waals surface area contributed by atoms with Crippen molar-refractivity contribution in [1.29, 1.82) is 0 Å². The van der Waals surface area contributed by atoms with Gasteiger partial charge in [-0.15, -0.1) is 11.8 Å². The van der Waals surface area contributed by atoms with Gasteiger partial charge >= 0.3 is 0 Å². The summed E-state index contributed by atoms with van der Waals surface area (Å²) in [7, 11) is -1.05. The Balaban J connectivity index is 1.49. The predicted octanol–water partition coefficient (Wildman–Crippen LogP) is 8.17. The lowest BCUT2D eigenvalue weighted by atomic mass is 10.1. The Hall–Kier alpha value is -3.20. The van der Waals surface area contributed by atoms with Gasteiger partial charge in [-0.3, -0.25) is 0 Å². The largest absolute Gasteiger partial charge is 0.374 e. The molecular formula is C34H31O2PS. The summed E-state index contributed by atoms with van der Waals surface area (Å²) in [4.78, 5) is 1.21. The first-order valence-electron chi connectivity index (χ1n) is 12.8. The van der Waals surface area contributed by atoms with E-state index in [2.05, 4.69) is 146 Å². The third kappa shape index (κ3) is 7.43. The fourth-order valence-corrected chi connectivity index (χ4v) is 7.37. The third-order valence-electron chi connectivity index (χ3n) is 6.09. The van der Waals surface area contributed by atoms with E-state index in [9.17, 15) is 0 Å². The summed E-state index contributed by atoms with van der Waals surface area (Å²) in [5.41, 5.74) is 2.39. The van der Waals surface area contributed by atoms with Gasteiger partial charge in [0, 0.05) is 15.5 Å². The molecular weight excluding hydrogens is 503 g/mol. The van der Waals surface area contributed by atoms with Gasteiger partial charge in [0.1, 0.15) is 6.10 Å². The molecule has 0 aliphatic heterocycles. The van der Waals surface area contributed by atoms with Gasteiger partial charge in [-0.2, -0.15) is 0 Å². The van der Waals surface area contributed by atoms with Gasteiger partial charge < -0.3 is 9.26 Å². The van der Waals surface area contributed by atoms with E-state index in [-0.39, 0.29) is 11.4 Å². The monoisotopic (exact) mass is 534 g/mol. The van der Waals surface area contributed by atoms with Gasteiger partial charge in [-0.1, -0.05) is 140 Å². The molecule has 4 heteroatoms. The van der Waals surface area contributed by atoms with Crippen LogP contribution in [0.2, 0.25) is 0 Å². The zero-order valence-electron chi connectivity index (χ0n) is 21.2. The van der Waals surface area contributed by atoms with Gasteiger partial charge in [-0.25, -0.2) is 0 Å². The van der Waals surface area contributed by atoms with Crippen LogP contribution in [0.25, 0.3) is 0 Å². The van der Waals surface area contributed by atoms with Crippen molar-refractivity contribution in [1.82, 2.24) is 0 Å². The molecule has 5 aromatic carbocycles. The summed E-state index contributed by atoms with van der Waals surface area (Å²) < 4.78 is 13.5. The lowest BCUT2D eigenvalue weighted by Crippen LogP contribution is -2.28. The van der Waals surface area contributed by atoms with Crippen molar-refractivity contribution in [2.75, 3.05) is 6.61 Å². The van der Waals surface area contributed by atoms with E-state index in [1.54, 1.807) is 0 Å². The van der Waals surface area contributed by atoms with Crippen LogP contribution in [0.15, 0.2) is 157 Å². The maximum atomic E-state index is 7.17. The van der Waals surface area contributed by atoms with Crippen LogP contribution >= 0.6 is 19.9 Å². The quantitative estimate of drug-likeness (QED) is 0.119. The SMILES string of the molecule is c1ccc(COC[C@H](OP(c2ccccc2)c2ccccc2)[C@H](Sc2ccccc2)c2ccccc2)cc1. The number of benzene rings is 5. The van der Waals surface area contributed by atoms with Gasteiger partial charge in [0.05, 0.1) is 26.6 Å². The summed E-state index contributed by atoms with van der Waals surface area (Å²) in [6.45, 7) is 1.03. The van der Waals surface area contributed by atoms with Crippen LogP contribution in [0.5, 0.6) is 0 Å². The number of hydrogen-bond acceptors (Lipinski definition) is 3. The summed E-state index contributed by atoms with van der Waals surface area (Å²) in [5, 5.41) is 2.43. The van der Waals surface area contributed by atoms with Crippen molar-refractivity contribution in [3.05, 3.63) is 163 Å². The molecule has 2 atom stereocenters. The Bertz CT molecular complexity index is 1300. The number of rotatable bonds is 12. The molecule has 0 saturated heterocycles. The normalized spacial score (nSPS) is 12.8. The van der Waals surface area contributed by atoms with Crippen LogP contribution in [0.3, 0.4) is 0 Å². The molecule has 0 aromatic heterocycles. The highest BCUT2D eigenvalue weighted by Gasteiger charge is 2.30. The Morgan fingerprint density at radius 1 is 0.553 bits per heavy atom. The Morgan fingerprint density at radius 3 is 1.58 bits per heavy atom. The van der Waals surface area contributed by atoms with Crippen LogP contribution in [0.1, 0.15) is 16.4 Å². The predicted molar refractivity (Wildman–Crippen MR) is 162 cm³/mol. The van der Waals surface area contributed by atoms with E-state index in [0.29, 0.717) is 13.2 Å². The molecule has 0 spiro atoms. The summed E-state index contributed by atoms with van der Waals surface area (Å²) >= 11 is 1.83. The fraction of sp³-hybridized carbons (Fsp3) is 0.118. The van der Waals surface area contributed by atoms with E-state index in [1.807, 2.05) is 17.8 Å². The van der Waals surface area contributed by atoms with Gasteiger partial charge in [0.2, 0.25) is 0 Å². The molecule has 0 amide bonds. The van der Waals surface area contributed by atoms with Crippen molar-refractivity contribution in [2.24, 2.45) is 0 Å². The zero-order chi connectivity index (χ0) is 25.8. The topological polar surface area (TPSA) is 18.5 Å². The van der Waals surface area contributed by atoms with E-state index in [4.69, 9.17) is 9.26 Å². The highest BCUT2D eigenvalue weighted by molar-refractivity contribution is 7.99. The fourth-order valence-electron chi connectivity index (χ4n) is 4.22. The molecule has 2 nitrogen and oxygen atoms in total. The molecule has 0 aliphatic rings. The second-order valence-corrected chi connectivity index (χ2v) is 11.9. The Labute approximate surface area is 231 Å². The molecule has 190 valence electrons. The maximum Gasteiger partial charge on any atom is 0.102 e.